The molecule has 0 aliphatic heterocycles. The van der Waals surface area contributed by atoms with Gasteiger partial charge in [0.1, 0.15) is 11.9 Å². The third-order valence-corrected chi connectivity index (χ3v) is 3.60. The van der Waals surface area contributed by atoms with Gasteiger partial charge >= 0.3 is 0 Å². The summed E-state index contributed by atoms with van der Waals surface area (Å²) in [6, 6.07) is 9.33. The summed E-state index contributed by atoms with van der Waals surface area (Å²) in [5, 5.41) is 5.76. The van der Waals surface area contributed by atoms with Crippen molar-refractivity contribution in [3.05, 3.63) is 47.8 Å². The van der Waals surface area contributed by atoms with Crippen molar-refractivity contribution in [1.82, 2.24) is 0 Å². The highest BCUT2D eigenvalue weighted by molar-refractivity contribution is 5.96. The number of nitrogens with one attached hydrogen (secondary N) is 2. The summed E-state index contributed by atoms with van der Waals surface area (Å²) in [5.74, 6) is 0.545. The van der Waals surface area contributed by atoms with Crippen LogP contribution < -0.4 is 20.1 Å². The van der Waals surface area contributed by atoms with Gasteiger partial charge in [0, 0.05) is 17.4 Å². The van der Waals surface area contributed by atoms with E-state index in [9.17, 15) is 9.18 Å². The van der Waals surface area contributed by atoms with Gasteiger partial charge in [0.05, 0.1) is 14.2 Å². The second kappa shape index (κ2) is 7.68. The first-order valence-corrected chi connectivity index (χ1v) is 7.50. The van der Waals surface area contributed by atoms with Gasteiger partial charge in [-0.1, -0.05) is 6.07 Å². The van der Waals surface area contributed by atoms with Crippen LogP contribution in [0.4, 0.5) is 15.8 Å². The Kier molecular flexibility index (Phi) is 5.63. The minimum absolute atomic E-state index is 0.247. The van der Waals surface area contributed by atoms with E-state index in [1.165, 1.54) is 13.2 Å². The molecule has 0 saturated heterocycles. The maximum absolute atomic E-state index is 13.6. The predicted molar refractivity (Wildman–Crippen MR) is 92.4 cm³/mol. The fourth-order valence-electron chi connectivity index (χ4n) is 2.16. The molecule has 0 aromatic heterocycles. The lowest BCUT2D eigenvalue weighted by Crippen LogP contribution is -2.31. The molecule has 0 heterocycles. The van der Waals surface area contributed by atoms with Crippen LogP contribution in [0.25, 0.3) is 0 Å². The maximum Gasteiger partial charge on any atom is 0.246 e. The zero-order valence-electron chi connectivity index (χ0n) is 14.1. The average molecular weight is 332 g/mol. The topological polar surface area (TPSA) is 59.6 Å². The summed E-state index contributed by atoms with van der Waals surface area (Å²) in [7, 11) is 3.07. The summed E-state index contributed by atoms with van der Waals surface area (Å²) in [6.45, 7) is 3.39. The molecule has 24 heavy (non-hydrogen) atoms. The molecule has 6 heteroatoms. The Labute approximate surface area is 140 Å². The predicted octanol–water partition coefficient (Wildman–Crippen LogP) is 3.59. The Morgan fingerprint density at radius 2 is 1.71 bits per heavy atom. The van der Waals surface area contributed by atoms with Crippen molar-refractivity contribution >= 4 is 17.3 Å². The first-order valence-electron chi connectivity index (χ1n) is 7.50. The van der Waals surface area contributed by atoms with Crippen LogP contribution in [0.1, 0.15) is 12.5 Å². The Morgan fingerprint density at radius 1 is 1.04 bits per heavy atom. The minimum Gasteiger partial charge on any atom is -0.493 e. The van der Waals surface area contributed by atoms with E-state index in [0.717, 1.165) is 0 Å². The molecule has 1 amide bonds. The number of aryl methyl sites for hydroxylation is 1. The van der Waals surface area contributed by atoms with Crippen molar-refractivity contribution in [3.8, 4) is 11.5 Å². The Balaban J connectivity index is 2.04. The van der Waals surface area contributed by atoms with E-state index in [0.29, 0.717) is 28.4 Å². The van der Waals surface area contributed by atoms with Crippen molar-refractivity contribution in [3.63, 3.8) is 0 Å². The molecule has 128 valence electrons. The van der Waals surface area contributed by atoms with Gasteiger partial charge in [0.15, 0.2) is 11.5 Å². The molecule has 5 nitrogen and oxygen atoms in total. The molecular weight excluding hydrogens is 311 g/mol. The summed E-state index contributed by atoms with van der Waals surface area (Å²) in [4.78, 5) is 12.3. The van der Waals surface area contributed by atoms with Crippen molar-refractivity contribution in [1.29, 1.82) is 0 Å². The number of methoxy groups -OCH3 is 2. The standard InChI is InChI=1S/C18H21FN2O3/c1-11-5-6-13(9-15(11)19)20-12(2)18(22)21-14-7-8-16(23-3)17(10-14)24-4/h5-10,12,20H,1-4H3,(H,21,22). The lowest BCUT2D eigenvalue weighted by Gasteiger charge is -2.16. The molecule has 1 atom stereocenters. The fraction of sp³-hybridized carbons (Fsp3) is 0.278. The number of hydrogen-bond donors (Lipinski definition) is 2. The molecule has 1 unspecified atom stereocenters. The molecule has 0 aliphatic rings. The number of anilines is 2. The van der Waals surface area contributed by atoms with Gasteiger partial charge in [-0.3, -0.25) is 4.79 Å². The normalized spacial score (nSPS) is 11.5. The van der Waals surface area contributed by atoms with Crippen LogP contribution in [0.15, 0.2) is 36.4 Å². The lowest BCUT2D eigenvalue weighted by atomic mass is 10.2. The van der Waals surface area contributed by atoms with Gasteiger partial charge in [-0.25, -0.2) is 4.39 Å². The van der Waals surface area contributed by atoms with Gasteiger partial charge < -0.3 is 20.1 Å². The van der Waals surface area contributed by atoms with E-state index in [1.54, 1.807) is 51.3 Å². The molecule has 2 aromatic rings. The van der Waals surface area contributed by atoms with Gasteiger partial charge in [-0.05, 0) is 43.7 Å². The van der Waals surface area contributed by atoms with Crippen LogP contribution in [-0.4, -0.2) is 26.2 Å². The fourth-order valence-corrected chi connectivity index (χ4v) is 2.16. The van der Waals surface area contributed by atoms with Gasteiger partial charge in [0.2, 0.25) is 5.91 Å². The summed E-state index contributed by atoms with van der Waals surface area (Å²) >= 11 is 0. The largest absolute Gasteiger partial charge is 0.493 e. The quantitative estimate of drug-likeness (QED) is 0.849. The zero-order chi connectivity index (χ0) is 17.7. The Bertz CT molecular complexity index is 734. The Hall–Kier alpha value is -2.76. The molecule has 2 rings (SSSR count). The molecular formula is C18H21FN2O3. The number of amides is 1. The second-order valence-corrected chi connectivity index (χ2v) is 5.39. The number of rotatable bonds is 6. The zero-order valence-corrected chi connectivity index (χ0v) is 14.1. The molecule has 0 spiro atoms. The second-order valence-electron chi connectivity index (χ2n) is 5.39. The number of carbonyl (C=O) groups excluding carboxylic acids is 1. The molecule has 0 aliphatic carbocycles. The van der Waals surface area contributed by atoms with E-state index in [1.807, 2.05) is 0 Å². The number of halogens is 1. The molecule has 0 fully saturated rings. The molecule has 2 aromatic carbocycles. The first-order chi connectivity index (χ1) is 11.4. The summed E-state index contributed by atoms with van der Waals surface area (Å²) < 4.78 is 23.9. The van der Waals surface area contributed by atoms with E-state index in [-0.39, 0.29) is 11.7 Å². The Morgan fingerprint density at radius 3 is 2.33 bits per heavy atom. The first kappa shape index (κ1) is 17.6. The molecule has 0 bridgehead atoms. The smallest absolute Gasteiger partial charge is 0.246 e. The van der Waals surface area contributed by atoms with E-state index >= 15 is 0 Å². The van der Waals surface area contributed by atoms with Crippen LogP contribution >= 0.6 is 0 Å². The van der Waals surface area contributed by atoms with Gasteiger partial charge in [0.25, 0.3) is 0 Å². The summed E-state index contributed by atoms with van der Waals surface area (Å²) in [6.07, 6.45) is 0. The highest BCUT2D eigenvalue weighted by atomic mass is 19.1. The molecule has 0 saturated carbocycles. The number of benzene rings is 2. The minimum atomic E-state index is -0.541. The van der Waals surface area contributed by atoms with Crippen molar-refractivity contribution < 1.29 is 18.7 Å². The molecule has 2 N–H and O–H groups in total. The molecule has 0 radical (unpaired) electrons. The van der Waals surface area contributed by atoms with Gasteiger partial charge in [-0.15, -0.1) is 0 Å². The highest BCUT2D eigenvalue weighted by Crippen LogP contribution is 2.29. The van der Waals surface area contributed by atoms with Crippen molar-refractivity contribution in [2.45, 2.75) is 19.9 Å². The number of ether oxygens (including phenoxy) is 2. The average Bonchev–Trinajstić information content (AvgIpc) is 2.57. The van der Waals surface area contributed by atoms with Gasteiger partial charge in [-0.2, -0.15) is 0 Å². The maximum atomic E-state index is 13.6. The SMILES string of the molecule is COc1ccc(NC(=O)C(C)Nc2ccc(C)c(F)c2)cc1OC. The lowest BCUT2D eigenvalue weighted by molar-refractivity contribution is -0.116. The van der Waals surface area contributed by atoms with Crippen LogP contribution in [0.3, 0.4) is 0 Å². The van der Waals surface area contributed by atoms with Crippen molar-refractivity contribution in [2.24, 2.45) is 0 Å². The van der Waals surface area contributed by atoms with E-state index in [2.05, 4.69) is 10.6 Å². The number of hydrogen-bond acceptors (Lipinski definition) is 4. The van der Waals surface area contributed by atoms with Crippen molar-refractivity contribution in [2.75, 3.05) is 24.9 Å². The van der Waals surface area contributed by atoms with E-state index in [4.69, 9.17) is 9.47 Å². The third kappa shape index (κ3) is 4.16. The monoisotopic (exact) mass is 332 g/mol. The van der Waals surface area contributed by atoms with E-state index < -0.39 is 6.04 Å². The third-order valence-electron chi connectivity index (χ3n) is 3.60. The van der Waals surface area contributed by atoms with Crippen LogP contribution in [-0.2, 0) is 4.79 Å². The van der Waals surface area contributed by atoms with Crippen LogP contribution in [0.5, 0.6) is 11.5 Å². The van der Waals surface area contributed by atoms with Crippen LogP contribution in [0, 0.1) is 12.7 Å². The number of carbonyl (C=O) groups is 1. The highest BCUT2D eigenvalue weighted by Gasteiger charge is 2.14. The summed E-state index contributed by atoms with van der Waals surface area (Å²) in [5.41, 5.74) is 1.69. The van der Waals surface area contributed by atoms with Crippen LogP contribution in [0.2, 0.25) is 0 Å².